The third-order valence-corrected chi connectivity index (χ3v) is 5.93. The van der Waals surface area contributed by atoms with E-state index in [0.717, 1.165) is 5.56 Å². The number of rotatable bonds is 6. The van der Waals surface area contributed by atoms with Crippen LogP contribution in [0.1, 0.15) is 17.5 Å². The van der Waals surface area contributed by atoms with Crippen LogP contribution in [0, 0.1) is 6.92 Å². The number of carbonyl (C=O) groups is 2. The molecule has 3 rings (SSSR count). The highest BCUT2D eigenvalue weighted by Gasteiger charge is 2.29. The average molecular weight is 451 g/mol. The second kappa shape index (κ2) is 9.14. The van der Waals surface area contributed by atoms with E-state index >= 15 is 0 Å². The Morgan fingerprint density at radius 1 is 1.13 bits per heavy atom. The highest BCUT2D eigenvalue weighted by atomic mass is 35.5. The van der Waals surface area contributed by atoms with Crippen molar-refractivity contribution in [2.45, 2.75) is 18.2 Å². The van der Waals surface area contributed by atoms with Crippen LogP contribution in [-0.4, -0.2) is 39.2 Å². The van der Waals surface area contributed by atoms with Gasteiger partial charge in [-0.05, 0) is 42.8 Å². The van der Waals surface area contributed by atoms with Gasteiger partial charge in [-0.1, -0.05) is 23.7 Å². The first-order chi connectivity index (χ1) is 14.3. The van der Waals surface area contributed by atoms with Gasteiger partial charge in [-0.3, -0.25) is 30.2 Å². The lowest BCUT2D eigenvalue weighted by Gasteiger charge is -2.09. The standard InChI is InChI=1S/C19H19ClN4O5S/c1-12-10-13(6-7-15(12)20)29-11-18(26)23-22-17(25)8-9-21-19-14-4-2-3-5-16(14)30(27,28)24-19/h2-7,10H,8-9,11H2,1H3,(H,21,24)(H,22,25)(H,23,26). The quantitative estimate of drug-likeness (QED) is 0.572. The Balaban J connectivity index is 1.42. The van der Waals surface area contributed by atoms with E-state index in [-0.39, 0.29) is 30.3 Å². The Labute approximate surface area is 178 Å². The van der Waals surface area contributed by atoms with Crippen LogP contribution in [0.4, 0.5) is 0 Å². The van der Waals surface area contributed by atoms with Gasteiger partial charge in [-0.25, -0.2) is 8.42 Å². The molecule has 158 valence electrons. The molecule has 2 aromatic rings. The van der Waals surface area contributed by atoms with Crippen molar-refractivity contribution in [3.05, 3.63) is 58.6 Å². The van der Waals surface area contributed by atoms with Crippen molar-refractivity contribution in [3.63, 3.8) is 0 Å². The van der Waals surface area contributed by atoms with Crippen molar-refractivity contribution in [1.82, 2.24) is 15.6 Å². The van der Waals surface area contributed by atoms with Gasteiger partial charge in [-0.2, -0.15) is 0 Å². The van der Waals surface area contributed by atoms with Gasteiger partial charge < -0.3 is 4.74 Å². The molecule has 2 aromatic carbocycles. The lowest BCUT2D eigenvalue weighted by atomic mass is 10.2. The minimum Gasteiger partial charge on any atom is -0.484 e. The normalized spacial score (nSPS) is 15.2. The van der Waals surface area contributed by atoms with Gasteiger partial charge in [0, 0.05) is 17.0 Å². The maximum Gasteiger partial charge on any atom is 0.276 e. The van der Waals surface area contributed by atoms with E-state index < -0.39 is 21.8 Å². The fourth-order valence-electron chi connectivity index (χ4n) is 2.61. The van der Waals surface area contributed by atoms with Crippen LogP contribution in [-0.2, 0) is 19.6 Å². The number of benzene rings is 2. The number of hydrogen-bond acceptors (Lipinski definition) is 6. The second-order valence-electron chi connectivity index (χ2n) is 6.38. The van der Waals surface area contributed by atoms with E-state index in [1.165, 1.54) is 6.07 Å². The van der Waals surface area contributed by atoms with Gasteiger partial charge in [0.05, 0.1) is 11.4 Å². The van der Waals surface area contributed by atoms with E-state index in [1.807, 2.05) is 6.92 Å². The first kappa shape index (κ1) is 21.6. The van der Waals surface area contributed by atoms with Gasteiger partial charge in [0.15, 0.2) is 6.61 Å². The zero-order valence-electron chi connectivity index (χ0n) is 15.9. The molecular weight excluding hydrogens is 432 g/mol. The topological polar surface area (TPSA) is 126 Å². The first-order valence-corrected chi connectivity index (χ1v) is 10.8. The summed E-state index contributed by atoms with van der Waals surface area (Å²) >= 11 is 5.92. The third-order valence-electron chi connectivity index (χ3n) is 4.11. The molecule has 0 unspecified atom stereocenters. The number of amides is 2. The molecule has 9 nitrogen and oxygen atoms in total. The summed E-state index contributed by atoms with van der Waals surface area (Å²) in [7, 11) is -3.62. The number of sulfonamides is 1. The average Bonchev–Trinajstić information content (AvgIpc) is 2.98. The summed E-state index contributed by atoms with van der Waals surface area (Å²) in [6, 6.07) is 11.4. The lowest BCUT2D eigenvalue weighted by Crippen LogP contribution is -2.44. The minimum atomic E-state index is -3.62. The van der Waals surface area contributed by atoms with Crippen LogP contribution in [0.25, 0.3) is 0 Å². The predicted octanol–water partition coefficient (Wildman–Crippen LogP) is 1.30. The van der Waals surface area contributed by atoms with E-state index in [0.29, 0.717) is 16.3 Å². The molecule has 1 heterocycles. The fraction of sp³-hybridized carbons (Fsp3) is 0.211. The number of halogens is 1. The molecule has 0 spiro atoms. The molecule has 0 saturated carbocycles. The smallest absolute Gasteiger partial charge is 0.276 e. The zero-order valence-corrected chi connectivity index (χ0v) is 17.5. The monoisotopic (exact) mass is 450 g/mol. The molecule has 0 radical (unpaired) electrons. The molecule has 0 aromatic heterocycles. The Morgan fingerprint density at radius 2 is 1.87 bits per heavy atom. The van der Waals surface area contributed by atoms with Crippen molar-refractivity contribution < 1.29 is 22.7 Å². The van der Waals surface area contributed by atoms with Crippen molar-refractivity contribution in [2.75, 3.05) is 13.2 Å². The molecule has 2 amide bonds. The largest absolute Gasteiger partial charge is 0.484 e. The summed E-state index contributed by atoms with van der Waals surface area (Å²) in [4.78, 5) is 27.9. The number of aliphatic imine (C=N–C) groups is 1. The van der Waals surface area contributed by atoms with E-state index in [1.54, 1.807) is 36.4 Å². The Bertz CT molecular complexity index is 1120. The second-order valence-corrected chi connectivity index (χ2v) is 8.44. The maximum absolute atomic E-state index is 12.0. The van der Waals surface area contributed by atoms with Gasteiger partial charge in [0.1, 0.15) is 11.6 Å². The van der Waals surface area contributed by atoms with Crippen molar-refractivity contribution in [3.8, 4) is 5.75 Å². The number of hydrogen-bond donors (Lipinski definition) is 3. The summed E-state index contributed by atoms with van der Waals surface area (Å²) in [5.74, 6) is -0.355. The van der Waals surface area contributed by atoms with Crippen LogP contribution in [0.5, 0.6) is 5.75 Å². The van der Waals surface area contributed by atoms with Gasteiger partial charge >= 0.3 is 0 Å². The number of carbonyl (C=O) groups excluding carboxylic acids is 2. The summed E-state index contributed by atoms with van der Waals surface area (Å²) in [6.07, 6.45) is -0.0507. The first-order valence-electron chi connectivity index (χ1n) is 8.89. The Morgan fingerprint density at radius 3 is 2.63 bits per heavy atom. The van der Waals surface area contributed by atoms with Crippen LogP contribution >= 0.6 is 11.6 Å². The molecule has 1 aliphatic rings. The van der Waals surface area contributed by atoms with Crippen LogP contribution in [0.2, 0.25) is 5.02 Å². The highest BCUT2D eigenvalue weighted by molar-refractivity contribution is 7.90. The SMILES string of the molecule is Cc1cc(OCC(=O)NNC(=O)CCN=C2NS(=O)(=O)c3ccccc32)ccc1Cl. The van der Waals surface area contributed by atoms with Gasteiger partial charge in [-0.15, -0.1) is 0 Å². The molecule has 0 bridgehead atoms. The van der Waals surface area contributed by atoms with E-state index in [4.69, 9.17) is 16.3 Å². The third kappa shape index (κ3) is 5.28. The number of ether oxygens (including phenoxy) is 1. The van der Waals surface area contributed by atoms with Gasteiger partial charge in [0.25, 0.3) is 15.9 Å². The van der Waals surface area contributed by atoms with E-state index in [9.17, 15) is 18.0 Å². The molecule has 0 saturated heterocycles. The molecule has 3 N–H and O–H groups in total. The summed E-state index contributed by atoms with van der Waals surface area (Å²) in [6.45, 7) is 1.56. The molecule has 30 heavy (non-hydrogen) atoms. The number of hydrazine groups is 1. The number of nitrogens with one attached hydrogen (secondary N) is 3. The van der Waals surface area contributed by atoms with Crippen molar-refractivity contribution in [2.24, 2.45) is 4.99 Å². The highest BCUT2D eigenvalue weighted by Crippen LogP contribution is 2.22. The molecule has 0 fully saturated rings. The fourth-order valence-corrected chi connectivity index (χ4v) is 3.98. The minimum absolute atomic E-state index is 0.0362. The molecular formula is C19H19ClN4O5S. The van der Waals surface area contributed by atoms with Crippen LogP contribution in [0.3, 0.4) is 0 Å². The number of aryl methyl sites for hydroxylation is 1. The molecule has 1 aliphatic heterocycles. The molecule has 11 heteroatoms. The van der Waals surface area contributed by atoms with Gasteiger partial charge in [0.2, 0.25) is 5.91 Å². The lowest BCUT2D eigenvalue weighted by molar-refractivity contribution is -0.129. The number of amidine groups is 1. The van der Waals surface area contributed by atoms with Crippen LogP contribution in [0.15, 0.2) is 52.4 Å². The molecule has 0 aliphatic carbocycles. The summed E-state index contributed by atoms with van der Waals surface area (Å²) in [5, 5.41) is 0.594. The Hall–Kier alpha value is -3.11. The summed E-state index contributed by atoms with van der Waals surface area (Å²) < 4.78 is 31.7. The van der Waals surface area contributed by atoms with Crippen molar-refractivity contribution >= 4 is 39.3 Å². The number of fused-ring (bicyclic) bond motifs is 1. The Kier molecular flexibility index (Phi) is 6.58. The van der Waals surface area contributed by atoms with E-state index in [2.05, 4.69) is 20.6 Å². The maximum atomic E-state index is 12.0. The summed E-state index contributed by atoms with van der Waals surface area (Å²) in [5.41, 5.74) is 5.76. The van der Waals surface area contributed by atoms with Crippen molar-refractivity contribution in [1.29, 1.82) is 0 Å². The predicted molar refractivity (Wildman–Crippen MR) is 111 cm³/mol. The molecule has 0 atom stereocenters. The number of nitrogens with zero attached hydrogens (tertiary/aromatic N) is 1. The zero-order chi connectivity index (χ0) is 21.7. The van der Waals surface area contributed by atoms with Crippen LogP contribution < -0.4 is 20.3 Å².